The van der Waals surface area contributed by atoms with E-state index in [4.69, 9.17) is 18.9 Å². The zero-order valence-electron chi connectivity index (χ0n) is 25.6. The first-order valence-corrected chi connectivity index (χ1v) is 15.2. The SMILES string of the molecule is COCNC(C(=O)NN(CCCNC(=O)OC1C2COC3OC1CC3C2)Cc1ccc(-c2ccccn2)cc1)C(C)(C)C. The molecule has 0 spiro atoms. The topological polar surface area (TPSA) is 123 Å². The molecule has 2 saturated heterocycles. The van der Waals surface area contributed by atoms with Crippen molar-refractivity contribution in [2.45, 2.75) is 71.1 Å². The molecule has 1 aliphatic carbocycles. The van der Waals surface area contributed by atoms with Crippen LogP contribution in [0.25, 0.3) is 11.3 Å². The monoisotopic (exact) mass is 595 g/mol. The number of rotatable bonds is 13. The number of hydrazine groups is 1. The van der Waals surface area contributed by atoms with Crippen molar-refractivity contribution in [2.75, 3.05) is 33.5 Å². The summed E-state index contributed by atoms with van der Waals surface area (Å²) in [6.45, 7) is 8.28. The molecule has 11 heteroatoms. The molecule has 3 aliphatic rings. The summed E-state index contributed by atoms with van der Waals surface area (Å²) in [6.07, 6.45) is 3.29. The van der Waals surface area contributed by atoms with Crippen molar-refractivity contribution >= 4 is 12.0 Å². The second-order valence-corrected chi connectivity index (χ2v) is 12.8. The number of pyridine rings is 1. The quantitative estimate of drug-likeness (QED) is 0.182. The largest absolute Gasteiger partial charge is 0.443 e. The Labute approximate surface area is 254 Å². The average Bonchev–Trinajstić information content (AvgIpc) is 3.28. The van der Waals surface area contributed by atoms with Gasteiger partial charge in [0, 0.05) is 50.3 Å². The van der Waals surface area contributed by atoms with Crippen LogP contribution in [0.1, 0.15) is 45.6 Å². The van der Waals surface area contributed by atoms with E-state index in [9.17, 15) is 9.59 Å². The molecule has 6 unspecified atom stereocenters. The molecule has 0 radical (unpaired) electrons. The number of nitrogens with one attached hydrogen (secondary N) is 3. The molecular weight excluding hydrogens is 550 g/mol. The lowest BCUT2D eigenvalue weighted by Gasteiger charge is -2.36. The van der Waals surface area contributed by atoms with Gasteiger partial charge in [-0.25, -0.2) is 9.80 Å². The zero-order chi connectivity index (χ0) is 30.4. The second-order valence-electron chi connectivity index (χ2n) is 12.8. The van der Waals surface area contributed by atoms with Gasteiger partial charge in [0.15, 0.2) is 6.29 Å². The summed E-state index contributed by atoms with van der Waals surface area (Å²) >= 11 is 0. The van der Waals surface area contributed by atoms with Gasteiger partial charge in [0.2, 0.25) is 0 Å². The number of carbonyl (C=O) groups excluding carboxylic acids is 2. The lowest BCUT2D eigenvalue weighted by Crippen LogP contribution is -2.56. The van der Waals surface area contributed by atoms with E-state index in [1.807, 2.05) is 68.2 Å². The number of hydrogen-bond donors (Lipinski definition) is 3. The van der Waals surface area contributed by atoms with Crippen LogP contribution in [0.5, 0.6) is 0 Å². The van der Waals surface area contributed by atoms with Crippen molar-refractivity contribution in [1.82, 2.24) is 26.1 Å². The van der Waals surface area contributed by atoms with Crippen LogP contribution in [0.3, 0.4) is 0 Å². The van der Waals surface area contributed by atoms with E-state index in [1.54, 1.807) is 13.3 Å². The van der Waals surface area contributed by atoms with E-state index in [0.29, 0.717) is 38.6 Å². The Morgan fingerprint density at radius 3 is 2.65 bits per heavy atom. The van der Waals surface area contributed by atoms with E-state index >= 15 is 0 Å². The summed E-state index contributed by atoms with van der Waals surface area (Å²) in [5, 5.41) is 7.96. The standard InChI is InChI=1S/C32H45N5O6/c1-32(2,3)28(35-20-40-4)29(38)36-37(18-21-9-11-22(12-10-21)25-8-5-6-13-33-25)15-7-14-34-31(39)43-27-24-16-23-17-26(27)42-30(23)41-19-24/h5-6,8-13,23-24,26-28,30,35H,7,14-20H2,1-4H3,(H,34,39)(H,36,38). The molecule has 3 fully saturated rings. The molecule has 6 atom stereocenters. The number of carbonyl (C=O) groups is 2. The number of methoxy groups -OCH3 is 1. The zero-order valence-corrected chi connectivity index (χ0v) is 25.6. The fourth-order valence-electron chi connectivity index (χ4n) is 6.24. The molecule has 2 amide bonds. The van der Waals surface area contributed by atoms with Crippen molar-refractivity contribution in [3.8, 4) is 11.3 Å². The van der Waals surface area contributed by atoms with Crippen LogP contribution in [0.4, 0.5) is 4.79 Å². The molecule has 1 saturated carbocycles. The number of fused-ring (bicyclic) bond motifs is 2. The molecular formula is C32H45N5O6. The predicted molar refractivity (Wildman–Crippen MR) is 160 cm³/mol. The molecule has 2 aliphatic heterocycles. The lowest BCUT2D eigenvalue weighted by molar-refractivity contribution is -0.153. The second kappa shape index (κ2) is 14.1. The van der Waals surface area contributed by atoms with E-state index < -0.39 is 12.1 Å². The Morgan fingerprint density at radius 1 is 1.12 bits per heavy atom. The Morgan fingerprint density at radius 2 is 1.93 bits per heavy atom. The first kappa shape index (κ1) is 31.3. The molecule has 234 valence electrons. The highest BCUT2D eigenvalue weighted by Gasteiger charge is 2.53. The van der Waals surface area contributed by atoms with Gasteiger partial charge in [-0.15, -0.1) is 0 Å². The van der Waals surface area contributed by atoms with Crippen molar-refractivity contribution in [3.63, 3.8) is 0 Å². The molecule has 1 aromatic carbocycles. The fourth-order valence-corrected chi connectivity index (χ4v) is 6.24. The van der Waals surface area contributed by atoms with E-state index in [-0.39, 0.29) is 42.5 Å². The van der Waals surface area contributed by atoms with Gasteiger partial charge in [-0.1, -0.05) is 51.1 Å². The molecule has 3 heterocycles. The fraction of sp³-hybridized carbons (Fsp3) is 0.594. The number of ether oxygens (including phenoxy) is 4. The minimum absolute atomic E-state index is 0.0840. The normalized spacial score (nSPS) is 25.0. The third-order valence-electron chi connectivity index (χ3n) is 8.37. The van der Waals surface area contributed by atoms with Crippen LogP contribution >= 0.6 is 0 Å². The van der Waals surface area contributed by atoms with Crippen LogP contribution in [-0.2, 0) is 30.3 Å². The Hall–Kier alpha value is -3.09. The van der Waals surface area contributed by atoms with Gasteiger partial charge in [0.05, 0.1) is 31.2 Å². The highest BCUT2D eigenvalue weighted by Crippen LogP contribution is 2.46. The van der Waals surface area contributed by atoms with Crippen LogP contribution in [0.15, 0.2) is 48.7 Å². The van der Waals surface area contributed by atoms with Gasteiger partial charge >= 0.3 is 6.09 Å². The molecule has 11 nitrogen and oxygen atoms in total. The minimum Gasteiger partial charge on any atom is -0.443 e. The molecule has 3 N–H and O–H groups in total. The van der Waals surface area contributed by atoms with Gasteiger partial charge in [-0.3, -0.25) is 20.5 Å². The first-order valence-electron chi connectivity index (χ1n) is 15.2. The summed E-state index contributed by atoms with van der Waals surface area (Å²) in [5.41, 5.74) is 5.73. The summed E-state index contributed by atoms with van der Waals surface area (Å²) in [6, 6.07) is 13.5. The van der Waals surface area contributed by atoms with E-state index in [2.05, 4.69) is 21.0 Å². The highest BCUT2D eigenvalue weighted by atomic mass is 16.7. The first-order chi connectivity index (χ1) is 20.7. The van der Waals surface area contributed by atoms with E-state index in [1.165, 1.54) is 0 Å². The Kier molecular flexibility index (Phi) is 10.3. The Bertz CT molecular complexity index is 1200. The van der Waals surface area contributed by atoms with Crippen LogP contribution in [0, 0.1) is 17.3 Å². The predicted octanol–water partition coefficient (Wildman–Crippen LogP) is 3.46. The third kappa shape index (κ3) is 8.10. The summed E-state index contributed by atoms with van der Waals surface area (Å²) in [7, 11) is 1.59. The van der Waals surface area contributed by atoms with Gasteiger partial charge < -0.3 is 24.3 Å². The average molecular weight is 596 g/mol. The van der Waals surface area contributed by atoms with Gasteiger partial charge in [-0.05, 0) is 42.4 Å². The number of nitrogens with zero attached hydrogens (tertiary/aromatic N) is 2. The van der Waals surface area contributed by atoms with Crippen LogP contribution in [-0.4, -0.2) is 80.1 Å². The maximum absolute atomic E-state index is 13.4. The number of hydrogen-bond acceptors (Lipinski definition) is 9. The number of aromatic nitrogens is 1. The highest BCUT2D eigenvalue weighted by molar-refractivity contribution is 5.82. The minimum atomic E-state index is -0.471. The summed E-state index contributed by atoms with van der Waals surface area (Å²) in [4.78, 5) is 30.5. The van der Waals surface area contributed by atoms with Crippen LogP contribution in [0.2, 0.25) is 0 Å². The van der Waals surface area contributed by atoms with Gasteiger partial charge in [0.25, 0.3) is 5.91 Å². The molecule has 1 aromatic heterocycles. The third-order valence-corrected chi connectivity index (χ3v) is 8.37. The van der Waals surface area contributed by atoms with Crippen molar-refractivity contribution < 1.29 is 28.5 Å². The van der Waals surface area contributed by atoms with Crippen molar-refractivity contribution in [2.24, 2.45) is 17.3 Å². The van der Waals surface area contributed by atoms with Crippen molar-refractivity contribution in [1.29, 1.82) is 0 Å². The molecule has 3 bridgehead atoms. The summed E-state index contributed by atoms with van der Waals surface area (Å²) < 4.78 is 22.7. The lowest BCUT2D eigenvalue weighted by atomic mass is 9.78. The number of benzene rings is 1. The molecule has 2 aromatic rings. The van der Waals surface area contributed by atoms with Crippen molar-refractivity contribution in [3.05, 3.63) is 54.2 Å². The summed E-state index contributed by atoms with van der Waals surface area (Å²) in [5.74, 6) is 0.457. The van der Waals surface area contributed by atoms with Gasteiger partial charge in [-0.2, -0.15) is 0 Å². The maximum atomic E-state index is 13.4. The smallest absolute Gasteiger partial charge is 0.407 e. The molecule has 5 rings (SSSR count). The number of amides is 2. The van der Waals surface area contributed by atoms with Gasteiger partial charge in [0.1, 0.15) is 6.10 Å². The molecule has 43 heavy (non-hydrogen) atoms. The number of alkyl carbamates (subject to hydrolysis) is 1. The Balaban J connectivity index is 1.17. The maximum Gasteiger partial charge on any atom is 0.407 e. The van der Waals surface area contributed by atoms with E-state index in [0.717, 1.165) is 29.7 Å². The van der Waals surface area contributed by atoms with Crippen LogP contribution < -0.4 is 16.1 Å².